The van der Waals surface area contributed by atoms with Crippen LogP contribution in [-0.4, -0.2) is 56.4 Å². The first-order chi connectivity index (χ1) is 14.7. The number of ether oxygens (including phenoxy) is 1. The molecule has 1 fully saturated rings. The molecule has 0 unspecified atom stereocenters. The van der Waals surface area contributed by atoms with Gasteiger partial charge in [0.2, 0.25) is 5.91 Å². The molecule has 0 bridgehead atoms. The third-order valence-corrected chi connectivity index (χ3v) is 5.20. The fourth-order valence-corrected chi connectivity index (χ4v) is 3.35. The van der Waals surface area contributed by atoms with Crippen LogP contribution in [0.5, 0.6) is 5.75 Å². The number of hydrazone groups is 1. The molecule has 0 aliphatic carbocycles. The Morgan fingerprint density at radius 1 is 1.07 bits per heavy atom. The van der Waals surface area contributed by atoms with Gasteiger partial charge in [0, 0.05) is 44.8 Å². The van der Waals surface area contributed by atoms with Crippen molar-refractivity contribution in [3.8, 4) is 5.75 Å². The lowest BCUT2D eigenvalue weighted by Gasteiger charge is -2.36. The zero-order valence-corrected chi connectivity index (χ0v) is 17.8. The van der Waals surface area contributed by atoms with E-state index in [9.17, 15) is 4.79 Å². The molecule has 0 atom stereocenters. The molecule has 30 heavy (non-hydrogen) atoms. The van der Waals surface area contributed by atoms with Crippen molar-refractivity contribution in [2.24, 2.45) is 5.10 Å². The van der Waals surface area contributed by atoms with Crippen molar-refractivity contribution in [3.63, 3.8) is 0 Å². The van der Waals surface area contributed by atoms with Crippen molar-refractivity contribution >= 4 is 17.8 Å². The van der Waals surface area contributed by atoms with Gasteiger partial charge in [-0.2, -0.15) is 5.10 Å². The van der Waals surface area contributed by atoms with Gasteiger partial charge >= 0.3 is 0 Å². The van der Waals surface area contributed by atoms with Crippen LogP contribution in [0.15, 0.2) is 59.7 Å². The molecule has 3 rings (SSSR count). The predicted octanol–water partition coefficient (Wildman–Crippen LogP) is 3.53. The number of benzene rings is 2. The number of unbranched alkanes of at least 4 members (excludes halogenated alkanes) is 1. The first-order valence-electron chi connectivity index (χ1n) is 10.8. The van der Waals surface area contributed by atoms with Crippen molar-refractivity contribution < 1.29 is 9.53 Å². The SMILES string of the molecule is CCCCOc1ccc(/C=N/NC(=O)CCN2CCN(c3ccccc3)CC2)cc1. The molecule has 6 nitrogen and oxygen atoms in total. The van der Waals surface area contributed by atoms with E-state index >= 15 is 0 Å². The van der Waals surface area contributed by atoms with Crippen LogP contribution in [-0.2, 0) is 4.79 Å². The van der Waals surface area contributed by atoms with Gasteiger partial charge in [0.1, 0.15) is 5.75 Å². The number of anilines is 1. The molecule has 160 valence electrons. The second kappa shape index (κ2) is 12.0. The first kappa shape index (κ1) is 21.8. The zero-order valence-electron chi connectivity index (χ0n) is 17.8. The van der Waals surface area contributed by atoms with Crippen molar-refractivity contribution in [3.05, 3.63) is 60.2 Å². The molecule has 1 aliphatic heterocycles. The van der Waals surface area contributed by atoms with Gasteiger partial charge in [0.15, 0.2) is 0 Å². The van der Waals surface area contributed by atoms with Gasteiger partial charge in [-0.15, -0.1) is 0 Å². The van der Waals surface area contributed by atoms with Crippen LogP contribution in [0, 0.1) is 0 Å². The van der Waals surface area contributed by atoms with Gasteiger partial charge < -0.3 is 9.64 Å². The zero-order chi connectivity index (χ0) is 21.0. The van der Waals surface area contributed by atoms with E-state index in [4.69, 9.17) is 4.74 Å². The Balaban J connectivity index is 1.32. The number of hydrogen-bond donors (Lipinski definition) is 1. The standard InChI is InChI=1S/C24H32N4O2/c1-2-3-19-30-23-11-9-21(10-12-23)20-25-26-24(29)13-14-27-15-17-28(18-16-27)22-7-5-4-6-8-22/h4-12,20H,2-3,13-19H2,1H3,(H,26,29)/b25-20+. The third-order valence-electron chi connectivity index (χ3n) is 5.20. The number of carbonyl (C=O) groups is 1. The summed E-state index contributed by atoms with van der Waals surface area (Å²) in [5, 5.41) is 4.07. The van der Waals surface area contributed by atoms with E-state index in [2.05, 4.69) is 51.5 Å². The number of rotatable bonds is 10. The van der Waals surface area contributed by atoms with Crippen LogP contribution in [0.1, 0.15) is 31.7 Å². The average molecular weight is 409 g/mol. The van der Waals surface area contributed by atoms with Crippen LogP contribution in [0.2, 0.25) is 0 Å². The number of carbonyl (C=O) groups excluding carboxylic acids is 1. The minimum Gasteiger partial charge on any atom is -0.494 e. The summed E-state index contributed by atoms with van der Waals surface area (Å²) < 4.78 is 5.64. The van der Waals surface area contributed by atoms with E-state index < -0.39 is 0 Å². The molecular formula is C24H32N4O2. The smallest absolute Gasteiger partial charge is 0.241 e. The van der Waals surface area contributed by atoms with Crippen LogP contribution in [0.25, 0.3) is 0 Å². The second-order valence-electron chi connectivity index (χ2n) is 7.48. The Kier molecular flexibility index (Phi) is 8.72. The summed E-state index contributed by atoms with van der Waals surface area (Å²) in [6.45, 7) is 7.55. The van der Waals surface area contributed by atoms with Gasteiger partial charge in [-0.25, -0.2) is 5.43 Å². The molecule has 0 radical (unpaired) electrons. The number of piperazine rings is 1. The fourth-order valence-electron chi connectivity index (χ4n) is 3.35. The summed E-state index contributed by atoms with van der Waals surface area (Å²) in [5.41, 5.74) is 4.82. The molecule has 1 amide bonds. The highest BCUT2D eigenvalue weighted by molar-refractivity contribution is 5.82. The molecule has 0 aromatic heterocycles. The van der Waals surface area contributed by atoms with Gasteiger partial charge in [0.25, 0.3) is 0 Å². The summed E-state index contributed by atoms with van der Waals surface area (Å²) in [7, 11) is 0. The Morgan fingerprint density at radius 2 is 1.80 bits per heavy atom. The van der Waals surface area contributed by atoms with Gasteiger partial charge in [-0.05, 0) is 48.4 Å². The summed E-state index contributed by atoms with van der Waals surface area (Å²) in [6, 6.07) is 18.2. The fraction of sp³-hybridized carbons (Fsp3) is 0.417. The molecule has 0 spiro atoms. The highest BCUT2D eigenvalue weighted by Gasteiger charge is 2.17. The molecular weight excluding hydrogens is 376 g/mol. The normalized spacial score (nSPS) is 14.8. The Bertz CT molecular complexity index is 785. The van der Waals surface area contributed by atoms with E-state index in [1.807, 2.05) is 30.3 Å². The number of hydrogen-bond acceptors (Lipinski definition) is 5. The van der Waals surface area contributed by atoms with E-state index in [1.165, 1.54) is 5.69 Å². The third kappa shape index (κ3) is 7.19. The van der Waals surface area contributed by atoms with Crippen LogP contribution in [0.4, 0.5) is 5.69 Å². The Hall–Kier alpha value is -2.86. The summed E-state index contributed by atoms with van der Waals surface area (Å²) in [5.74, 6) is 0.799. The van der Waals surface area contributed by atoms with E-state index in [1.54, 1.807) is 6.21 Å². The average Bonchev–Trinajstić information content (AvgIpc) is 2.80. The summed E-state index contributed by atoms with van der Waals surface area (Å²) in [4.78, 5) is 16.8. The number of nitrogens with zero attached hydrogens (tertiary/aromatic N) is 3. The van der Waals surface area contributed by atoms with E-state index in [-0.39, 0.29) is 5.91 Å². The second-order valence-corrected chi connectivity index (χ2v) is 7.48. The largest absolute Gasteiger partial charge is 0.494 e. The van der Waals surface area contributed by atoms with E-state index in [0.29, 0.717) is 6.42 Å². The monoisotopic (exact) mass is 408 g/mol. The highest BCUT2D eigenvalue weighted by atomic mass is 16.5. The minimum absolute atomic E-state index is 0.0590. The maximum absolute atomic E-state index is 12.1. The lowest BCUT2D eigenvalue weighted by atomic mass is 10.2. The molecule has 1 saturated heterocycles. The van der Waals surface area contributed by atoms with Crippen molar-refractivity contribution in [1.29, 1.82) is 0 Å². The molecule has 1 aliphatic rings. The van der Waals surface area contributed by atoms with Gasteiger partial charge in [-0.3, -0.25) is 9.69 Å². The van der Waals surface area contributed by atoms with Crippen molar-refractivity contribution in [2.45, 2.75) is 26.2 Å². The number of para-hydroxylation sites is 1. The molecule has 1 N–H and O–H groups in total. The predicted molar refractivity (Wildman–Crippen MR) is 122 cm³/mol. The Morgan fingerprint density at radius 3 is 2.50 bits per heavy atom. The topological polar surface area (TPSA) is 57.2 Å². The maximum Gasteiger partial charge on any atom is 0.241 e. The van der Waals surface area contributed by atoms with Crippen LogP contribution < -0.4 is 15.1 Å². The summed E-state index contributed by atoms with van der Waals surface area (Å²) >= 11 is 0. The van der Waals surface area contributed by atoms with Crippen molar-refractivity contribution in [1.82, 2.24) is 10.3 Å². The molecule has 6 heteroatoms. The van der Waals surface area contributed by atoms with Crippen LogP contribution >= 0.6 is 0 Å². The molecule has 0 saturated carbocycles. The summed E-state index contributed by atoms with van der Waals surface area (Å²) in [6.07, 6.45) is 4.28. The quantitative estimate of drug-likeness (QED) is 0.371. The first-order valence-corrected chi connectivity index (χ1v) is 10.8. The highest BCUT2D eigenvalue weighted by Crippen LogP contribution is 2.15. The minimum atomic E-state index is -0.0590. The van der Waals surface area contributed by atoms with Gasteiger partial charge in [-0.1, -0.05) is 31.5 Å². The lowest BCUT2D eigenvalue weighted by molar-refractivity contribution is -0.121. The van der Waals surface area contributed by atoms with Gasteiger partial charge in [0.05, 0.1) is 12.8 Å². The van der Waals surface area contributed by atoms with E-state index in [0.717, 1.165) is 63.5 Å². The number of amides is 1. The lowest BCUT2D eigenvalue weighted by Crippen LogP contribution is -2.47. The molecule has 2 aromatic rings. The molecule has 2 aromatic carbocycles. The Labute approximate surface area is 179 Å². The maximum atomic E-state index is 12.1. The van der Waals surface area contributed by atoms with Crippen molar-refractivity contribution in [2.75, 3.05) is 44.2 Å². The number of nitrogens with one attached hydrogen (secondary N) is 1. The molecule has 1 heterocycles. The van der Waals surface area contributed by atoms with Crippen LogP contribution in [0.3, 0.4) is 0 Å².